The van der Waals surface area contributed by atoms with Crippen LogP contribution in [0, 0.1) is 6.92 Å². The summed E-state index contributed by atoms with van der Waals surface area (Å²) in [5.41, 5.74) is 0.795. The van der Waals surface area contributed by atoms with E-state index in [9.17, 15) is 18.0 Å². The van der Waals surface area contributed by atoms with Crippen LogP contribution in [0.5, 0.6) is 5.88 Å². The van der Waals surface area contributed by atoms with Crippen molar-refractivity contribution in [1.29, 1.82) is 0 Å². The fourth-order valence-electron chi connectivity index (χ4n) is 2.43. The monoisotopic (exact) mass is 336 g/mol. The van der Waals surface area contributed by atoms with Crippen LogP contribution >= 0.6 is 0 Å². The Labute approximate surface area is 136 Å². The van der Waals surface area contributed by atoms with Gasteiger partial charge in [-0.05, 0) is 25.1 Å². The fraction of sp³-hybridized carbons (Fsp3) is 0.294. The molecule has 0 saturated carbocycles. The number of aromatic nitrogens is 1. The first kappa shape index (κ1) is 16.3. The van der Waals surface area contributed by atoms with Crippen LogP contribution in [0.15, 0.2) is 42.6 Å². The summed E-state index contributed by atoms with van der Waals surface area (Å²) in [5.74, 6) is 0.0367. The van der Waals surface area contributed by atoms with Gasteiger partial charge >= 0.3 is 6.18 Å². The lowest BCUT2D eigenvalue weighted by molar-refractivity contribution is -0.137. The average molecular weight is 336 g/mol. The summed E-state index contributed by atoms with van der Waals surface area (Å²) in [6.07, 6.45) is -3.94. The Hall–Kier alpha value is -2.57. The Morgan fingerprint density at radius 1 is 1.25 bits per heavy atom. The first-order valence-electron chi connectivity index (χ1n) is 7.39. The molecule has 1 aliphatic heterocycles. The van der Waals surface area contributed by atoms with E-state index in [0.717, 1.165) is 17.8 Å². The van der Waals surface area contributed by atoms with E-state index in [-0.39, 0.29) is 17.9 Å². The van der Waals surface area contributed by atoms with Crippen LogP contribution in [0.3, 0.4) is 0 Å². The highest BCUT2D eigenvalue weighted by atomic mass is 19.4. The lowest BCUT2D eigenvalue weighted by atomic mass is 10.1. The highest BCUT2D eigenvalue weighted by Crippen LogP contribution is 2.29. The quantitative estimate of drug-likeness (QED) is 0.864. The van der Waals surface area contributed by atoms with Gasteiger partial charge in [-0.3, -0.25) is 4.79 Å². The maximum absolute atomic E-state index is 12.5. The zero-order valence-electron chi connectivity index (χ0n) is 12.9. The van der Waals surface area contributed by atoms with Gasteiger partial charge in [-0.25, -0.2) is 4.98 Å². The molecular weight excluding hydrogens is 321 g/mol. The predicted molar refractivity (Wildman–Crippen MR) is 80.7 cm³/mol. The number of carbonyl (C=O) groups is 1. The molecule has 1 fully saturated rings. The van der Waals surface area contributed by atoms with Crippen LogP contribution in [0.1, 0.15) is 21.5 Å². The maximum Gasteiger partial charge on any atom is 0.417 e. The van der Waals surface area contributed by atoms with Crippen LogP contribution < -0.4 is 4.74 Å². The number of benzene rings is 1. The molecule has 0 bridgehead atoms. The summed E-state index contributed by atoms with van der Waals surface area (Å²) in [6, 6.07) is 9.41. The van der Waals surface area contributed by atoms with Crippen LogP contribution in [0.2, 0.25) is 0 Å². The first-order chi connectivity index (χ1) is 11.3. The van der Waals surface area contributed by atoms with Crippen molar-refractivity contribution in [2.45, 2.75) is 19.2 Å². The Morgan fingerprint density at radius 2 is 2.00 bits per heavy atom. The summed E-state index contributed by atoms with van der Waals surface area (Å²) >= 11 is 0. The summed E-state index contributed by atoms with van der Waals surface area (Å²) in [5, 5.41) is 0. The number of carbonyl (C=O) groups excluding carboxylic acids is 1. The van der Waals surface area contributed by atoms with Crippen molar-refractivity contribution in [2.24, 2.45) is 0 Å². The summed E-state index contributed by atoms with van der Waals surface area (Å²) in [7, 11) is 0. The highest BCUT2D eigenvalue weighted by molar-refractivity contribution is 5.95. The SMILES string of the molecule is Cc1cccc(C(=O)N2CC(Oc3ccc(C(F)(F)F)cn3)C2)c1. The molecule has 0 unspecified atom stereocenters. The third-order valence-electron chi connectivity index (χ3n) is 3.75. The average Bonchev–Trinajstić information content (AvgIpc) is 2.49. The molecule has 1 amide bonds. The van der Waals surface area contributed by atoms with Crippen molar-refractivity contribution in [3.05, 3.63) is 59.3 Å². The van der Waals surface area contributed by atoms with Crippen molar-refractivity contribution in [3.63, 3.8) is 0 Å². The number of alkyl halides is 3. The molecule has 126 valence electrons. The molecule has 4 nitrogen and oxygen atoms in total. The zero-order chi connectivity index (χ0) is 17.3. The highest BCUT2D eigenvalue weighted by Gasteiger charge is 2.34. The molecule has 0 radical (unpaired) electrons. The smallest absolute Gasteiger partial charge is 0.417 e. The van der Waals surface area contributed by atoms with Crippen molar-refractivity contribution >= 4 is 5.91 Å². The number of pyridine rings is 1. The van der Waals surface area contributed by atoms with Crippen LogP contribution in [-0.2, 0) is 6.18 Å². The normalized spacial score (nSPS) is 15.1. The van der Waals surface area contributed by atoms with Crippen molar-refractivity contribution in [1.82, 2.24) is 9.88 Å². The molecule has 2 aromatic rings. The molecule has 0 aliphatic carbocycles. The zero-order valence-corrected chi connectivity index (χ0v) is 12.9. The molecule has 3 rings (SSSR count). The number of hydrogen-bond acceptors (Lipinski definition) is 3. The van der Waals surface area contributed by atoms with Gasteiger partial charge in [0.2, 0.25) is 5.88 Å². The van der Waals surface area contributed by atoms with Crippen molar-refractivity contribution in [3.8, 4) is 5.88 Å². The second kappa shape index (κ2) is 6.14. The second-order valence-corrected chi connectivity index (χ2v) is 5.70. The summed E-state index contributed by atoms with van der Waals surface area (Å²) in [4.78, 5) is 17.6. The van der Waals surface area contributed by atoms with Gasteiger partial charge in [0.05, 0.1) is 18.7 Å². The second-order valence-electron chi connectivity index (χ2n) is 5.70. The molecule has 0 spiro atoms. The minimum Gasteiger partial charge on any atom is -0.471 e. The van der Waals surface area contributed by atoms with Crippen LogP contribution in [0.25, 0.3) is 0 Å². The van der Waals surface area contributed by atoms with Gasteiger partial charge in [-0.2, -0.15) is 13.2 Å². The number of halogens is 3. The Morgan fingerprint density at radius 3 is 2.58 bits per heavy atom. The Bertz CT molecular complexity index is 738. The molecule has 24 heavy (non-hydrogen) atoms. The number of nitrogens with zero attached hydrogens (tertiary/aromatic N) is 2. The van der Waals surface area contributed by atoms with E-state index in [1.807, 2.05) is 25.1 Å². The van der Waals surface area contributed by atoms with E-state index in [2.05, 4.69) is 4.98 Å². The lowest BCUT2D eigenvalue weighted by Gasteiger charge is -2.38. The molecule has 7 heteroatoms. The summed E-state index contributed by atoms with van der Waals surface area (Å²) < 4.78 is 42.9. The van der Waals surface area contributed by atoms with Gasteiger partial charge in [-0.15, -0.1) is 0 Å². The molecule has 1 aliphatic rings. The third-order valence-corrected chi connectivity index (χ3v) is 3.75. The number of ether oxygens (including phenoxy) is 1. The van der Waals surface area contributed by atoms with Gasteiger partial charge < -0.3 is 9.64 Å². The van der Waals surface area contributed by atoms with E-state index in [1.54, 1.807) is 11.0 Å². The number of aryl methyl sites for hydroxylation is 1. The fourth-order valence-corrected chi connectivity index (χ4v) is 2.43. The van der Waals surface area contributed by atoms with Gasteiger partial charge in [0.25, 0.3) is 5.91 Å². The van der Waals surface area contributed by atoms with E-state index in [0.29, 0.717) is 18.7 Å². The van der Waals surface area contributed by atoms with Crippen molar-refractivity contribution < 1.29 is 22.7 Å². The molecule has 2 heterocycles. The molecule has 0 atom stereocenters. The van der Waals surface area contributed by atoms with E-state index in [4.69, 9.17) is 4.74 Å². The van der Waals surface area contributed by atoms with E-state index >= 15 is 0 Å². The minimum atomic E-state index is -4.42. The maximum atomic E-state index is 12.5. The molecule has 1 saturated heterocycles. The first-order valence-corrected chi connectivity index (χ1v) is 7.39. The largest absolute Gasteiger partial charge is 0.471 e. The summed E-state index contributed by atoms with van der Waals surface area (Å²) in [6.45, 7) is 2.68. The van der Waals surface area contributed by atoms with Crippen molar-refractivity contribution in [2.75, 3.05) is 13.1 Å². The third kappa shape index (κ3) is 3.50. The molecular formula is C17H15F3N2O2. The standard InChI is InChI=1S/C17H15F3N2O2/c1-11-3-2-4-12(7-11)16(23)22-9-14(10-22)24-15-6-5-13(8-21-15)17(18,19)20/h2-8,14H,9-10H2,1H3. The molecule has 1 aromatic heterocycles. The van der Waals surface area contributed by atoms with E-state index in [1.165, 1.54) is 6.07 Å². The lowest BCUT2D eigenvalue weighted by Crippen LogP contribution is -2.56. The number of likely N-dealkylation sites (tertiary alicyclic amines) is 1. The number of rotatable bonds is 3. The predicted octanol–water partition coefficient (Wildman–Crippen LogP) is 3.31. The van der Waals surface area contributed by atoms with Gasteiger partial charge in [0, 0.05) is 17.8 Å². The Balaban J connectivity index is 1.54. The molecule has 1 aromatic carbocycles. The van der Waals surface area contributed by atoms with Gasteiger partial charge in [0.15, 0.2) is 0 Å². The minimum absolute atomic E-state index is 0.0843. The molecule has 0 N–H and O–H groups in total. The Kier molecular flexibility index (Phi) is 4.17. The van der Waals surface area contributed by atoms with Gasteiger partial charge in [0.1, 0.15) is 6.10 Å². The van der Waals surface area contributed by atoms with Crippen LogP contribution in [-0.4, -0.2) is 35.0 Å². The number of hydrogen-bond donors (Lipinski definition) is 0. The number of amides is 1. The van der Waals surface area contributed by atoms with E-state index < -0.39 is 11.7 Å². The van der Waals surface area contributed by atoms with Gasteiger partial charge in [-0.1, -0.05) is 17.7 Å². The van der Waals surface area contributed by atoms with Crippen LogP contribution in [0.4, 0.5) is 13.2 Å². The topological polar surface area (TPSA) is 42.4 Å².